The van der Waals surface area contributed by atoms with Gasteiger partial charge in [0.1, 0.15) is 5.82 Å². The maximum atomic E-state index is 13.3. The van der Waals surface area contributed by atoms with E-state index in [-0.39, 0.29) is 11.7 Å². The van der Waals surface area contributed by atoms with Gasteiger partial charge in [0.2, 0.25) is 0 Å². The molecule has 5 heteroatoms. The quantitative estimate of drug-likeness (QED) is 0.781. The van der Waals surface area contributed by atoms with Crippen LogP contribution in [0.2, 0.25) is 0 Å². The molecule has 3 heterocycles. The lowest BCUT2D eigenvalue weighted by Crippen LogP contribution is -2.38. The number of rotatable bonds is 2. The van der Waals surface area contributed by atoms with Gasteiger partial charge in [-0.2, -0.15) is 0 Å². The molecule has 0 bridgehead atoms. The van der Waals surface area contributed by atoms with Crippen molar-refractivity contribution in [1.82, 2.24) is 14.9 Å². The van der Waals surface area contributed by atoms with Crippen LogP contribution >= 0.6 is 0 Å². The molecule has 4 nitrogen and oxygen atoms in total. The Kier molecular flexibility index (Phi) is 3.76. The fourth-order valence-corrected chi connectivity index (χ4v) is 3.41. The number of benzene rings is 1. The van der Waals surface area contributed by atoms with Crippen molar-refractivity contribution in [2.45, 2.75) is 18.8 Å². The second-order valence-electron chi connectivity index (χ2n) is 6.26. The molecule has 1 amide bonds. The molecule has 1 saturated heterocycles. The molecule has 0 saturated carbocycles. The fraction of sp³-hybridized carbons (Fsp3) is 0.263. The van der Waals surface area contributed by atoms with Gasteiger partial charge < -0.3 is 9.88 Å². The minimum Gasteiger partial charge on any atom is -0.358 e. The van der Waals surface area contributed by atoms with Crippen LogP contribution in [0.5, 0.6) is 0 Å². The van der Waals surface area contributed by atoms with E-state index in [0.29, 0.717) is 11.5 Å². The molecule has 1 aromatic carbocycles. The van der Waals surface area contributed by atoms with Crippen LogP contribution in [-0.4, -0.2) is 33.9 Å². The Labute approximate surface area is 139 Å². The van der Waals surface area contributed by atoms with E-state index < -0.39 is 0 Å². The minimum absolute atomic E-state index is 0.0419. The van der Waals surface area contributed by atoms with Crippen molar-refractivity contribution in [2.24, 2.45) is 0 Å². The molecule has 0 unspecified atom stereocenters. The second-order valence-corrected chi connectivity index (χ2v) is 6.26. The Hall–Kier alpha value is -2.69. The lowest BCUT2D eigenvalue weighted by molar-refractivity contribution is 0.0712. The van der Waals surface area contributed by atoms with Gasteiger partial charge in [0.05, 0.1) is 5.56 Å². The number of amides is 1. The van der Waals surface area contributed by atoms with Crippen molar-refractivity contribution in [3.63, 3.8) is 0 Å². The van der Waals surface area contributed by atoms with Crippen molar-refractivity contribution in [3.05, 3.63) is 65.9 Å². The maximum absolute atomic E-state index is 13.3. The van der Waals surface area contributed by atoms with Crippen LogP contribution in [0.1, 0.15) is 34.8 Å². The summed E-state index contributed by atoms with van der Waals surface area (Å²) in [6.07, 6.45) is 5.09. The number of carbonyl (C=O) groups excluding carboxylic acids is 1. The number of hydrogen-bond acceptors (Lipinski definition) is 2. The lowest BCUT2D eigenvalue weighted by Gasteiger charge is -2.31. The highest BCUT2D eigenvalue weighted by atomic mass is 19.1. The van der Waals surface area contributed by atoms with Crippen molar-refractivity contribution < 1.29 is 9.18 Å². The van der Waals surface area contributed by atoms with Gasteiger partial charge in [0.25, 0.3) is 5.91 Å². The Morgan fingerprint density at radius 1 is 1.21 bits per heavy atom. The molecular formula is C19H18FN3O. The molecule has 122 valence electrons. The Bertz CT molecular complexity index is 867. The van der Waals surface area contributed by atoms with Gasteiger partial charge in [-0.15, -0.1) is 0 Å². The summed E-state index contributed by atoms with van der Waals surface area (Å²) in [5.41, 5.74) is 2.72. The molecule has 0 spiro atoms. The molecule has 1 aliphatic heterocycles. The van der Waals surface area contributed by atoms with E-state index in [4.69, 9.17) is 0 Å². The predicted molar refractivity (Wildman–Crippen MR) is 90.4 cm³/mol. The molecule has 4 rings (SSSR count). The summed E-state index contributed by atoms with van der Waals surface area (Å²) in [5.74, 6) is 0.198. The predicted octanol–water partition coefficient (Wildman–Crippen LogP) is 3.72. The van der Waals surface area contributed by atoms with Crippen LogP contribution < -0.4 is 0 Å². The first-order chi connectivity index (χ1) is 11.7. The molecule has 1 fully saturated rings. The maximum Gasteiger partial charge on any atom is 0.255 e. The minimum atomic E-state index is -0.218. The average Bonchev–Trinajstić information content (AvgIpc) is 3.05. The first-order valence-electron chi connectivity index (χ1n) is 8.18. The van der Waals surface area contributed by atoms with E-state index in [9.17, 15) is 9.18 Å². The number of H-pyrrole nitrogens is 1. The summed E-state index contributed by atoms with van der Waals surface area (Å²) in [4.78, 5) is 21.7. The number of aromatic nitrogens is 2. The summed E-state index contributed by atoms with van der Waals surface area (Å²) >= 11 is 0. The summed E-state index contributed by atoms with van der Waals surface area (Å²) in [5, 5.41) is 0.902. The molecule has 0 atom stereocenters. The van der Waals surface area contributed by atoms with Crippen LogP contribution in [0, 0.1) is 5.82 Å². The number of piperidine rings is 1. The van der Waals surface area contributed by atoms with Gasteiger partial charge in [-0.1, -0.05) is 0 Å². The molecule has 1 N–H and O–H groups in total. The number of nitrogens with zero attached hydrogens (tertiary/aromatic N) is 2. The third-order valence-corrected chi connectivity index (χ3v) is 4.73. The lowest BCUT2D eigenvalue weighted by atomic mass is 9.93. The normalized spacial score (nSPS) is 15.8. The van der Waals surface area contributed by atoms with E-state index >= 15 is 0 Å². The topological polar surface area (TPSA) is 49.0 Å². The van der Waals surface area contributed by atoms with E-state index in [2.05, 4.69) is 9.97 Å². The first kappa shape index (κ1) is 14.9. The molecule has 3 aromatic rings. The second kappa shape index (κ2) is 6.07. The van der Waals surface area contributed by atoms with Crippen LogP contribution in [0.25, 0.3) is 10.9 Å². The zero-order chi connectivity index (χ0) is 16.5. The highest BCUT2D eigenvalue weighted by molar-refractivity contribution is 5.93. The van der Waals surface area contributed by atoms with Gasteiger partial charge in [0, 0.05) is 48.0 Å². The number of pyridine rings is 1. The van der Waals surface area contributed by atoms with Crippen molar-refractivity contribution in [2.75, 3.05) is 13.1 Å². The van der Waals surface area contributed by atoms with E-state index in [1.165, 1.54) is 6.07 Å². The van der Waals surface area contributed by atoms with Gasteiger partial charge in [0.15, 0.2) is 0 Å². The fourth-order valence-electron chi connectivity index (χ4n) is 3.41. The molecule has 1 aliphatic rings. The highest BCUT2D eigenvalue weighted by Crippen LogP contribution is 2.30. The monoisotopic (exact) mass is 323 g/mol. The van der Waals surface area contributed by atoms with E-state index in [1.807, 2.05) is 11.0 Å². The van der Waals surface area contributed by atoms with Gasteiger partial charge in [-0.25, -0.2) is 4.39 Å². The number of nitrogens with one attached hydrogen (secondary N) is 1. The van der Waals surface area contributed by atoms with Crippen molar-refractivity contribution in [3.8, 4) is 0 Å². The third-order valence-electron chi connectivity index (χ3n) is 4.73. The number of halogens is 1. The van der Waals surface area contributed by atoms with Gasteiger partial charge >= 0.3 is 0 Å². The molecular weight excluding hydrogens is 305 g/mol. The first-order valence-corrected chi connectivity index (χ1v) is 8.18. The summed E-state index contributed by atoms with van der Waals surface area (Å²) in [6.45, 7) is 1.45. The largest absolute Gasteiger partial charge is 0.358 e. The number of likely N-dealkylation sites (tertiary alicyclic amines) is 1. The zero-order valence-corrected chi connectivity index (χ0v) is 13.2. The van der Waals surface area contributed by atoms with Crippen LogP contribution in [0.15, 0.2) is 48.8 Å². The average molecular weight is 323 g/mol. The smallest absolute Gasteiger partial charge is 0.255 e. The Balaban J connectivity index is 1.46. The van der Waals surface area contributed by atoms with Gasteiger partial charge in [-0.3, -0.25) is 9.78 Å². The number of fused-ring (bicyclic) bond motifs is 1. The van der Waals surface area contributed by atoms with Crippen LogP contribution in [0.3, 0.4) is 0 Å². The number of aromatic amines is 1. The standard InChI is InChI=1S/C19H18FN3O/c20-16-3-4-17-15(10-16)11-18(22-17)13-5-8-23(9-6-13)19(24)14-2-1-7-21-12-14/h1-4,7,10-13,22H,5-6,8-9H2. The van der Waals surface area contributed by atoms with E-state index in [1.54, 1.807) is 36.7 Å². The molecule has 0 aliphatic carbocycles. The Morgan fingerprint density at radius 2 is 2.04 bits per heavy atom. The van der Waals surface area contributed by atoms with E-state index in [0.717, 1.165) is 42.5 Å². The van der Waals surface area contributed by atoms with Crippen LogP contribution in [-0.2, 0) is 0 Å². The number of carbonyl (C=O) groups is 1. The third kappa shape index (κ3) is 2.77. The van der Waals surface area contributed by atoms with Gasteiger partial charge in [-0.05, 0) is 49.2 Å². The number of hydrogen-bond donors (Lipinski definition) is 1. The van der Waals surface area contributed by atoms with Crippen molar-refractivity contribution in [1.29, 1.82) is 0 Å². The molecule has 2 aromatic heterocycles. The summed E-state index contributed by atoms with van der Waals surface area (Å²) in [7, 11) is 0. The molecule has 24 heavy (non-hydrogen) atoms. The SMILES string of the molecule is O=C(c1cccnc1)N1CCC(c2cc3cc(F)ccc3[nH]2)CC1. The van der Waals surface area contributed by atoms with Crippen LogP contribution in [0.4, 0.5) is 4.39 Å². The zero-order valence-electron chi connectivity index (χ0n) is 13.2. The highest BCUT2D eigenvalue weighted by Gasteiger charge is 2.25. The Morgan fingerprint density at radius 3 is 2.79 bits per heavy atom. The molecule has 0 radical (unpaired) electrons. The summed E-state index contributed by atoms with van der Waals surface area (Å²) < 4.78 is 13.3. The van der Waals surface area contributed by atoms with Crippen molar-refractivity contribution >= 4 is 16.8 Å². The summed E-state index contributed by atoms with van der Waals surface area (Å²) in [6, 6.07) is 10.4.